The van der Waals surface area contributed by atoms with Gasteiger partial charge in [0.15, 0.2) is 5.69 Å². The van der Waals surface area contributed by atoms with E-state index in [1.54, 1.807) is 31.3 Å². The van der Waals surface area contributed by atoms with Gasteiger partial charge < -0.3 is 0 Å². The molecule has 0 N–H and O–H groups in total. The van der Waals surface area contributed by atoms with Crippen molar-refractivity contribution in [2.45, 2.75) is 13.5 Å². The predicted molar refractivity (Wildman–Crippen MR) is 76.8 cm³/mol. The summed E-state index contributed by atoms with van der Waals surface area (Å²) >= 11 is 0. The summed E-state index contributed by atoms with van der Waals surface area (Å²) in [6.07, 6.45) is 5.19. The smallest absolute Gasteiger partial charge is 0.281 e. The molecule has 0 radical (unpaired) electrons. The van der Waals surface area contributed by atoms with Crippen LogP contribution in [-0.4, -0.2) is 47.0 Å². The average Bonchev–Trinajstić information content (AvgIpc) is 3.21. The summed E-state index contributed by atoms with van der Waals surface area (Å²) in [7, 11) is 1.83. The van der Waals surface area contributed by atoms with Gasteiger partial charge in [-0.3, -0.25) is 14.4 Å². The van der Waals surface area contributed by atoms with Crippen molar-refractivity contribution in [3.63, 3.8) is 0 Å². The van der Waals surface area contributed by atoms with Crippen LogP contribution in [0.25, 0.3) is 5.69 Å². The van der Waals surface area contributed by atoms with Crippen LogP contribution in [0, 0.1) is 6.92 Å². The Balaban J connectivity index is 1.69. The zero-order valence-corrected chi connectivity index (χ0v) is 12.2. The third-order valence-corrected chi connectivity index (χ3v) is 3.78. The van der Waals surface area contributed by atoms with E-state index < -0.39 is 0 Å². The van der Waals surface area contributed by atoms with Crippen LogP contribution in [0.1, 0.15) is 16.2 Å². The number of amides is 1. The highest BCUT2D eigenvalue weighted by molar-refractivity contribution is 6.05. The van der Waals surface area contributed by atoms with E-state index in [0.717, 1.165) is 11.5 Å². The second kappa shape index (κ2) is 4.52. The Labute approximate surface area is 125 Å². The molecule has 0 saturated heterocycles. The van der Waals surface area contributed by atoms with E-state index in [2.05, 4.69) is 20.5 Å². The number of aryl methyl sites for hydroxylation is 1. The van der Waals surface area contributed by atoms with Crippen LogP contribution >= 0.6 is 0 Å². The van der Waals surface area contributed by atoms with Crippen LogP contribution in [0.4, 0.5) is 5.82 Å². The number of hydrogen-bond donors (Lipinski definition) is 0. The maximum atomic E-state index is 12.7. The van der Waals surface area contributed by atoms with Gasteiger partial charge in [-0.2, -0.15) is 10.2 Å². The lowest BCUT2D eigenvalue weighted by molar-refractivity contribution is 0.0984. The number of fused-ring (bicyclic) bond motifs is 1. The number of carbonyl (C=O) groups excluding carboxylic acids is 1. The zero-order valence-electron chi connectivity index (χ0n) is 12.2. The van der Waals surface area contributed by atoms with Gasteiger partial charge in [0, 0.05) is 19.7 Å². The monoisotopic (exact) mass is 298 g/mol. The summed E-state index contributed by atoms with van der Waals surface area (Å²) in [4.78, 5) is 14.4. The fourth-order valence-electron chi connectivity index (χ4n) is 2.66. The summed E-state index contributed by atoms with van der Waals surface area (Å²) in [5.74, 6) is 0.632. The fourth-order valence-corrected chi connectivity index (χ4v) is 2.66. The van der Waals surface area contributed by atoms with E-state index in [4.69, 9.17) is 0 Å². The summed E-state index contributed by atoms with van der Waals surface area (Å²) in [5.41, 5.74) is 1.81. The first-order valence-electron chi connectivity index (χ1n) is 6.90. The summed E-state index contributed by atoms with van der Waals surface area (Å²) in [6.45, 7) is 3.12. The molecule has 0 bridgehead atoms. The largest absolute Gasteiger partial charge is 0.290 e. The Hall–Kier alpha value is -2.97. The van der Waals surface area contributed by atoms with Gasteiger partial charge >= 0.3 is 0 Å². The topological polar surface area (TPSA) is 86.7 Å². The number of rotatable bonds is 2. The average molecular weight is 298 g/mol. The van der Waals surface area contributed by atoms with Crippen LogP contribution in [0.15, 0.2) is 24.7 Å². The van der Waals surface area contributed by atoms with Crippen molar-refractivity contribution in [2.75, 3.05) is 11.4 Å². The van der Waals surface area contributed by atoms with Gasteiger partial charge in [-0.05, 0) is 6.92 Å². The quantitative estimate of drug-likeness (QED) is 0.673. The van der Waals surface area contributed by atoms with Crippen molar-refractivity contribution >= 4 is 11.7 Å². The van der Waals surface area contributed by atoms with Crippen molar-refractivity contribution in [3.8, 4) is 5.69 Å². The number of carbonyl (C=O) groups is 1. The molecular weight excluding hydrogens is 284 g/mol. The Kier molecular flexibility index (Phi) is 2.62. The van der Waals surface area contributed by atoms with Crippen LogP contribution in [-0.2, 0) is 13.6 Å². The molecular formula is C13H14N8O. The van der Waals surface area contributed by atoms with Crippen LogP contribution < -0.4 is 4.90 Å². The molecule has 0 saturated carbocycles. The predicted octanol–water partition coefficient (Wildman–Crippen LogP) is 0.166. The highest BCUT2D eigenvalue weighted by atomic mass is 16.2. The van der Waals surface area contributed by atoms with Gasteiger partial charge in [0.05, 0.1) is 30.8 Å². The number of nitrogens with zero attached hydrogens (tertiary/aromatic N) is 8. The highest BCUT2D eigenvalue weighted by Gasteiger charge is 2.29. The van der Waals surface area contributed by atoms with Gasteiger partial charge in [0.1, 0.15) is 11.5 Å². The molecule has 0 atom stereocenters. The van der Waals surface area contributed by atoms with E-state index in [-0.39, 0.29) is 5.91 Å². The Morgan fingerprint density at radius 1 is 1.27 bits per heavy atom. The maximum Gasteiger partial charge on any atom is 0.281 e. The van der Waals surface area contributed by atoms with Crippen molar-refractivity contribution in [2.24, 2.45) is 7.05 Å². The Morgan fingerprint density at radius 2 is 2.14 bits per heavy atom. The molecule has 1 amide bonds. The minimum absolute atomic E-state index is 0.160. The lowest BCUT2D eigenvalue weighted by Crippen LogP contribution is -2.29. The van der Waals surface area contributed by atoms with E-state index in [9.17, 15) is 4.79 Å². The van der Waals surface area contributed by atoms with Crippen LogP contribution in [0.5, 0.6) is 0 Å². The van der Waals surface area contributed by atoms with Crippen molar-refractivity contribution in [1.82, 2.24) is 34.6 Å². The third kappa shape index (κ3) is 1.75. The fraction of sp³-hybridized carbons (Fsp3) is 0.308. The number of anilines is 1. The molecule has 3 aromatic heterocycles. The molecule has 112 valence electrons. The molecule has 0 aliphatic carbocycles. The van der Waals surface area contributed by atoms with E-state index in [1.807, 2.05) is 26.2 Å². The van der Waals surface area contributed by atoms with Gasteiger partial charge in [0.25, 0.3) is 5.91 Å². The Bertz CT molecular complexity index is 857. The van der Waals surface area contributed by atoms with Gasteiger partial charge in [-0.15, -0.1) is 5.10 Å². The molecule has 0 unspecified atom stereocenters. The molecule has 3 aromatic rings. The lowest BCUT2D eigenvalue weighted by Gasteiger charge is -2.13. The van der Waals surface area contributed by atoms with Crippen LogP contribution in [0.2, 0.25) is 0 Å². The molecule has 1 aliphatic rings. The van der Waals surface area contributed by atoms with Crippen LogP contribution in [0.3, 0.4) is 0 Å². The maximum absolute atomic E-state index is 12.7. The molecule has 0 aromatic carbocycles. The van der Waals surface area contributed by atoms with Crippen molar-refractivity contribution < 1.29 is 4.79 Å². The number of aromatic nitrogens is 7. The first-order chi connectivity index (χ1) is 10.6. The van der Waals surface area contributed by atoms with Crippen molar-refractivity contribution in [3.05, 3.63) is 36.0 Å². The normalized spacial score (nSPS) is 13.6. The van der Waals surface area contributed by atoms with Gasteiger partial charge in [-0.25, -0.2) is 9.36 Å². The van der Waals surface area contributed by atoms with E-state index >= 15 is 0 Å². The van der Waals surface area contributed by atoms with Gasteiger partial charge in [0.2, 0.25) is 0 Å². The molecule has 4 heterocycles. The summed E-state index contributed by atoms with van der Waals surface area (Å²) in [6, 6.07) is 1.83. The molecule has 22 heavy (non-hydrogen) atoms. The van der Waals surface area contributed by atoms with Gasteiger partial charge in [-0.1, -0.05) is 5.21 Å². The first-order valence-corrected chi connectivity index (χ1v) is 6.90. The molecule has 0 fully saturated rings. The molecule has 1 aliphatic heterocycles. The first kappa shape index (κ1) is 12.7. The lowest BCUT2D eigenvalue weighted by atomic mass is 10.3. The Morgan fingerprint density at radius 3 is 2.91 bits per heavy atom. The second-order valence-electron chi connectivity index (χ2n) is 5.18. The SMILES string of the molecule is Cc1c(C(=O)N2CCn3nccc32)nnn1-c1cnn(C)c1. The highest BCUT2D eigenvalue weighted by Crippen LogP contribution is 2.23. The third-order valence-electron chi connectivity index (χ3n) is 3.78. The molecule has 4 rings (SSSR count). The standard InChI is InChI=1S/C13H14N8O/c1-9-12(16-17-21(9)10-7-15-18(2)8-10)13(22)19-5-6-20-11(19)3-4-14-20/h3-4,7-8H,5-6H2,1-2H3. The zero-order chi connectivity index (χ0) is 15.3. The summed E-state index contributed by atoms with van der Waals surface area (Å²) < 4.78 is 5.10. The minimum Gasteiger partial charge on any atom is -0.290 e. The van der Waals surface area contributed by atoms with Crippen molar-refractivity contribution in [1.29, 1.82) is 0 Å². The molecule has 9 nitrogen and oxygen atoms in total. The van der Waals surface area contributed by atoms with E-state index in [1.165, 1.54) is 0 Å². The minimum atomic E-state index is -0.160. The summed E-state index contributed by atoms with van der Waals surface area (Å²) in [5, 5.41) is 16.4. The number of hydrogen-bond acceptors (Lipinski definition) is 5. The second-order valence-corrected chi connectivity index (χ2v) is 5.18. The molecule has 0 spiro atoms. The van der Waals surface area contributed by atoms with E-state index in [0.29, 0.717) is 24.5 Å². The molecule has 9 heteroatoms.